The first-order valence-corrected chi connectivity index (χ1v) is 9.43. The Morgan fingerprint density at radius 3 is 2.22 bits per heavy atom. The number of rotatable bonds is 7. The third-order valence-electron chi connectivity index (χ3n) is 4.68. The monoisotopic (exact) mass is 448 g/mol. The first-order chi connectivity index (χ1) is 15.0. The Morgan fingerprint density at radius 2 is 1.69 bits per heavy atom. The van der Waals surface area contributed by atoms with E-state index in [2.05, 4.69) is 15.2 Å². The molecule has 0 spiro atoms. The molecule has 0 fully saturated rings. The Morgan fingerprint density at radius 1 is 1.09 bits per heavy atom. The topological polar surface area (TPSA) is 99.3 Å². The van der Waals surface area contributed by atoms with Gasteiger partial charge in [0.25, 0.3) is 5.91 Å². The van der Waals surface area contributed by atoms with Gasteiger partial charge in [0.1, 0.15) is 17.1 Å². The number of ether oxygens (including phenoxy) is 1. The number of carbonyl (C=O) groups excluding carboxylic acids is 1. The van der Waals surface area contributed by atoms with Crippen molar-refractivity contribution in [1.82, 2.24) is 15.1 Å². The fourth-order valence-corrected chi connectivity index (χ4v) is 3.13. The molecule has 11 heteroatoms. The maximum Gasteiger partial charge on any atom is 0.573 e. The molecule has 1 N–H and O–H groups in total. The smallest absolute Gasteiger partial charge is 0.406 e. The van der Waals surface area contributed by atoms with E-state index in [1.54, 1.807) is 38.1 Å². The molecule has 32 heavy (non-hydrogen) atoms. The standard InChI is InChI=1S/C21H19F3N4O4/c1-13-19(28(30)31)14(2)27(26-13)12-16-3-7-17(8-4-16)20(29)25-11-15-5-9-18(10-6-15)32-21(22,23)24/h3-10H,11-12H2,1-2H3,(H,25,29). The van der Waals surface area contributed by atoms with E-state index in [0.29, 0.717) is 29.1 Å². The molecule has 0 aliphatic carbocycles. The quantitative estimate of drug-likeness (QED) is 0.430. The third-order valence-corrected chi connectivity index (χ3v) is 4.68. The summed E-state index contributed by atoms with van der Waals surface area (Å²) in [5.41, 5.74) is 2.57. The number of hydrogen-bond acceptors (Lipinski definition) is 5. The van der Waals surface area contributed by atoms with Crippen molar-refractivity contribution in [2.24, 2.45) is 0 Å². The summed E-state index contributed by atoms with van der Waals surface area (Å²) in [6, 6.07) is 11.9. The van der Waals surface area contributed by atoms with Crippen molar-refractivity contribution < 1.29 is 27.6 Å². The molecule has 1 heterocycles. The van der Waals surface area contributed by atoms with Gasteiger partial charge in [0.05, 0.1) is 11.5 Å². The Hall–Kier alpha value is -3.89. The number of halogens is 3. The summed E-state index contributed by atoms with van der Waals surface area (Å²) in [6.07, 6.45) is -4.76. The number of alkyl halides is 3. The number of amides is 1. The third kappa shape index (κ3) is 5.62. The minimum atomic E-state index is -4.76. The second kappa shape index (κ2) is 9.08. The molecule has 0 radical (unpaired) electrons. The van der Waals surface area contributed by atoms with Gasteiger partial charge in [0, 0.05) is 12.1 Å². The van der Waals surface area contributed by atoms with Crippen molar-refractivity contribution in [2.75, 3.05) is 0 Å². The molecule has 8 nitrogen and oxygen atoms in total. The van der Waals surface area contributed by atoms with Gasteiger partial charge in [-0.05, 0) is 49.2 Å². The number of aromatic nitrogens is 2. The van der Waals surface area contributed by atoms with Gasteiger partial charge >= 0.3 is 12.0 Å². The van der Waals surface area contributed by atoms with Gasteiger partial charge in [-0.25, -0.2) is 0 Å². The lowest BCUT2D eigenvalue weighted by molar-refractivity contribution is -0.386. The zero-order valence-electron chi connectivity index (χ0n) is 17.1. The highest BCUT2D eigenvalue weighted by Crippen LogP contribution is 2.23. The van der Waals surface area contributed by atoms with Gasteiger partial charge in [0.15, 0.2) is 0 Å². The van der Waals surface area contributed by atoms with Crippen molar-refractivity contribution in [1.29, 1.82) is 0 Å². The van der Waals surface area contributed by atoms with Crippen LogP contribution >= 0.6 is 0 Å². The molecule has 1 aromatic heterocycles. The van der Waals surface area contributed by atoms with Gasteiger partial charge in [-0.3, -0.25) is 19.6 Å². The molecule has 0 aliphatic rings. The summed E-state index contributed by atoms with van der Waals surface area (Å²) in [7, 11) is 0. The summed E-state index contributed by atoms with van der Waals surface area (Å²) in [5.74, 6) is -0.690. The second-order valence-electron chi connectivity index (χ2n) is 7.01. The largest absolute Gasteiger partial charge is 0.573 e. The Bertz CT molecular complexity index is 1120. The first kappa shape index (κ1) is 22.8. The first-order valence-electron chi connectivity index (χ1n) is 9.43. The lowest BCUT2D eigenvalue weighted by atomic mass is 10.1. The van der Waals surface area contributed by atoms with Crippen LogP contribution in [-0.4, -0.2) is 27.0 Å². The molecule has 0 unspecified atom stereocenters. The minimum absolute atomic E-state index is 0.0148. The molecule has 0 bridgehead atoms. The van der Waals surface area contributed by atoms with Crippen LogP contribution in [0.3, 0.4) is 0 Å². The lowest BCUT2D eigenvalue weighted by Gasteiger charge is -2.10. The highest BCUT2D eigenvalue weighted by Gasteiger charge is 2.31. The van der Waals surface area contributed by atoms with Crippen molar-refractivity contribution >= 4 is 11.6 Å². The van der Waals surface area contributed by atoms with E-state index in [1.165, 1.54) is 28.9 Å². The maximum atomic E-state index is 12.3. The molecular formula is C21H19F3N4O4. The summed E-state index contributed by atoms with van der Waals surface area (Å²) >= 11 is 0. The summed E-state index contributed by atoms with van der Waals surface area (Å²) in [4.78, 5) is 23.0. The van der Waals surface area contributed by atoms with Gasteiger partial charge in [-0.2, -0.15) is 5.10 Å². The Labute approximate surface area is 180 Å². The summed E-state index contributed by atoms with van der Waals surface area (Å²) < 4.78 is 41.9. The van der Waals surface area contributed by atoms with Crippen LogP contribution in [0.1, 0.15) is 32.9 Å². The zero-order valence-corrected chi connectivity index (χ0v) is 17.1. The molecule has 1 amide bonds. The van der Waals surface area contributed by atoms with Gasteiger partial charge in [-0.15, -0.1) is 13.2 Å². The van der Waals surface area contributed by atoms with Crippen molar-refractivity contribution in [3.63, 3.8) is 0 Å². The van der Waals surface area contributed by atoms with E-state index in [4.69, 9.17) is 0 Å². The number of nitrogens with zero attached hydrogens (tertiary/aromatic N) is 3. The van der Waals surface area contributed by atoms with E-state index in [0.717, 1.165) is 5.56 Å². The number of aryl methyl sites for hydroxylation is 1. The van der Waals surface area contributed by atoms with Crippen molar-refractivity contribution in [3.8, 4) is 5.75 Å². The van der Waals surface area contributed by atoms with Gasteiger partial charge in [0.2, 0.25) is 0 Å². The van der Waals surface area contributed by atoms with Gasteiger partial charge in [-0.1, -0.05) is 24.3 Å². The fourth-order valence-electron chi connectivity index (χ4n) is 3.13. The minimum Gasteiger partial charge on any atom is -0.406 e. The van der Waals surface area contributed by atoms with E-state index >= 15 is 0 Å². The molecule has 3 rings (SSSR count). The molecule has 3 aromatic rings. The number of carbonyl (C=O) groups is 1. The van der Waals surface area contributed by atoms with Crippen LogP contribution in [0.5, 0.6) is 5.75 Å². The van der Waals surface area contributed by atoms with Crippen LogP contribution in [0.2, 0.25) is 0 Å². The predicted molar refractivity (Wildman–Crippen MR) is 108 cm³/mol. The summed E-state index contributed by atoms with van der Waals surface area (Å²) in [6.45, 7) is 3.64. The molecule has 2 aromatic carbocycles. The molecular weight excluding hydrogens is 429 g/mol. The van der Waals surface area contributed by atoms with Crippen LogP contribution in [0, 0.1) is 24.0 Å². The average molecular weight is 448 g/mol. The molecule has 0 aliphatic heterocycles. The predicted octanol–water partition coefficient (Wildman–Crippen LogP) is 4.29. The Balaban J connectivity index is 1.58. The molecule has 0 saturated carbocycles. The fraction of sp³-hybridized carbons (Fsp3) is 0.238. The van der Waals surface area contributed by atoms with Crippen molar-refractivity contribution in [2.45, 2.75) is 33.3 Å². The number of nitro groups is 1. The molecule has 168 valence electrons. The number of benzene rings is 2. The summed E-state index contributed by atoms with van der Waals surface area (Å²) in [5, 5.41) is 18.0. The lowest BCUT2D eigenvalue weighted by Crippen LogP contribution is -2.22. The van der Waals surface area contributed by atoms with E-state index < -0.39 is 11.3 Å². The van der Waals surface area contributed by atoms with E-state index in [-0.39, 0.29) is 23.9 Å². The van der Waals surface area contributed by atoms with E-state index in [9.17, 15) is 28.1 Å². The SMILES string of the molecule is Cc1nn(Cc2ccc(C(=O)NCc3ccc(OC(F)(F)F)cc3)cc2)c(C)c1[N+](=O)[O-]. The highest BCUT2D eigenvalue weighted by molar-refractivity contribution is 5.94. The number of nitrogens with one attached hydrogen (secondary N) is 1. The van der Waals surface area contributed by atoms with Gasteiger partial charge < -0.3 is 10.1 Å². The normalized spacial score (nSPS) is 11.3. The highest BCUT2D eigenvalue weighted by atomic mass is 19.4. The molecule has 0 saturated heterocycles. The van der Waals surface area contributed by atoms with E-state index in [1.807, 2.05) is 0 Å². The van der Waals surface area contributed by atoms with Crippen molar-refractivity contribution in [3.05, 3.63) is 86.7 Å². The van der Waals surface area contributed by atoms with Crippen LogP contribution in [0.25, 0.3) is 0 Å². The van der Waals surface area contributed by atoms with Crippen LogP contribution in [0.4, 0.5) is 18.9 Å². The number of hydrogen-bond donors (Lipinski definition) is 1. The Kier molecular flexibility index (Phi) is 6.47. The zero-order chi connectivity index (χ0) is 23.5. The maximum absolute atomic E-state index is 12.3. The second-order valence-corrected chi connectivity index (χ2v) is 7.01. The van der Waals surface area contributed by atoms with Crippen LogP contribution in [0.15, 0.2) is 48.5 Å². The molecule has 0 atom stereocenters. The van der Waals surface area contributed by atoms with Crippen LogP contribution < -0.4 is 10.1 Å². The average Bonchev–Trinajstić information content (AvgIpc) is 2.99. The van der Waals surface area contributed by atoms with Crippen LogP contribution in [-0.2, 0) is 13.1 Å².